The van der Waals surface area contributed by atoms with Crippen molar-refractivity contribution in [2.24, 2.45) is 34.0 Å². The first-order chi connectivity index (χ1) is 11.3. The molecule has 7 atom stereocenters. The highest BCUT2D eigenvalue weighted by molar-refractivity contribution is 5.77. The summed E-state index contributed by atoms with van der Waals surface area (Å²) in [5.41, 5.74) is 0.891. The van der Waals surface area contributed by atoms with E-state index in [1.54, 1.807) is 0 Å². The number of ether oxygens (including phenoxy) is 1. The standard InChI is InChI=1S/C21H32O3/c1-13-14-6-7-16-19(2)9-5-10-20(3,18(23)24-4)15(19)8-11-21(16,12-14)17(13)22/h14-17,22H,1,5-12H2,2-4H3/t14-,15-,16-,17-,19+,20+,21+/m0/s1. The van der Waals surface area contributed by atoms with Crippen molar-refractivity contribution in [2.75, 3.05) is 7.11 Å². The summed E-state index contributed by atoms with van der Waals surface area (Å²) < 4.78 is 5.22. The Morgan fingerprint density at radius 1 is 1.17 bits per heavy atom. The van der Waals surface area contributed by atoms with Gasteiger partial charge in [0.25, 0.3) is 0 Å². The van der Waals surface area contributed by atoms with Crippen molar-refractivity contribution in [1.82, 2.24) is 0 Å². The summed E-state index contributed by atoms with van der Waals surface area (Å²) in [6.07, 6.45) is 8.43. The Balaban J connectivity index is 1.76. The second-order valence-electron chi connectivity index (χ2n) is 9.60. The third-order valence-corrected chi connectivity index (χ3v) is 8.87. The van der Waals surface area contributed by atoms with E-state index in [9.17, 15) is 9.90 Å². The van der Waals surface area contributed by atoms with Crippen molar-refractivity contribution in [1.29, 1.82) is 0 Å². The summed E-state index contributed by atoms with van der Waals surface area (Å²) in [5, 5.41) is 11.1. The number of methoxy groups -OCH3 is 1. The lowest BCUT2D eigenvalue weighted by Gasteiger charge is -2.63. The molecule has 3 nitrogen and oxygen atoms in total. The van der Waals surface area contributed by atoms with E-state index >= 15 is 0 Å². The number of hydrogen-bond donors (Lipinski definition) is 1. The highest BCUT2D eigenvalue weighted by Crippen LogP contribution is 2.72. The minimum absolute atomic E-state index is 0.0274. The lowest BCUT2D eigenvalue weighted by Crippen LogP contribution is -2.60. The molecule has 4 aliphatic rings. The fourth-order valence-electron chi connectivity index (χ4n) is 7.84. The van der Waals surface area contributed by atoms with Gasteiger partial charge in [0.1, 0.15) is 0 Å². The van der Waals surface area contributed by atoms with Crippen LogP contribution in [0.15, 0.2) is 12.2 Å². The molecule has 0 heterocycles. The van der Waals surface area contributed by atoms with E-state index in [4.69, 9.17) is 4.74 Å². The molecule has 0 amide bonds. The summed E-state index contributed by atoms with van der Waals surface area (Å²) in [6, 6.07) is 0. The van der Waals surface area contributed by atoms with Crippen molar-refractivity contribution in [3.8, 4) is 0 Å². The Bertz CT molecular complexity index is 584. The van der Waals surface area contributed by atoms with Gasteiger partial charge < -0.3 is 9.84 Å². The summed E-state index contributed by atoms with van der Waals surface area (Å²) in [5.74, 6) is 1.38. The lowest BCUT2D eigenvalue weighted by molar-refractivity contribution is -0.192. The first-order valence-electron chi connectivity index (χ1n) is 9.75. The van der Waals surface area contributed by atoms with Gasteiger partial charge in [0.15, 0.2) is 0 Å². The molecule has 24 heavy (non-hydrogen) atoms. The molecule has 0 saturated heterocycles. The van der Waals surface area contributed by atoms with Gasteiger partial charge >= 0.3 is 5.97 Å². The van der Waals surface area contributed by atoms with Crippen molar-refractivity contribution < 1.29 is 14.6 Å². The average molecular weight is 332 g/mol. The molecular weight excluding hydrogens is 300 g/mol. The van der Waals surface area contributed by atoms with Crippen LogP contribution in [0, 0.1) is 34.0 Å². The minimum atomic E-state index is -0.360. The average Bonchev–Trinajstić information content (AvgIpc) is 2.74. The topological polar surface area (TPSA) is 46.5 Å². The third-order valence-electron chi connectivity index (χ3n) is 8.87. The van der Waals surface area contributed by atoms with Gasteiger partial charge in [-0.2, -0.15) is 0 Å². The maximum atomic E-state index is 12.6. The minimum Gasteiger partial charge on any atom is -0.469 e. The van der Waals surface area contributed by atoms with Crippen LogP contribution in [0.1, 0.15) is 65.2 Å². The van der Waals surface area contributed by atoms with Gasteiger partial charge in [0, 0.05) is 5.41 Å². The fourth-order valence-corrected chi connectivity index (χ4v) is 7.84. The molecule has 0 radical (unpaired) electrons. The van der Waals surface area contributed by atoms with Gasteiger partial charge in [-0.15, -0.1) is 0 Å². The van der Waals surface area contributed by atoms with Crippen LogP contribution in [0.4, 0.5) is 0 Å². The molecular formula is C21H32O3. The van der Waals surface area contributed by atoms with Crippen LogP contribution in [-0.4, -0.2) is 24.3 Å². The Kier molecular flexibility index (Phi) is 3.53. The maximum Gasteiger partial charge on any atom is 0.311 e. The second-order valence-corrected chi connectivity index (χ2v) is 9.60. The molecule has 0 aromatic carbocycles. The second kappa shape index (κ2) is 5.09. The van der Waals surface area contributed by atoms with E-state index in [-0.39, 0.29) is 28.3 Å². The van der Waals surface area contributed by atoms with E-state index in [0.717, 1.165) is 37.7 Å². The van der Waals surface area contributed by atoms with E-state index in [1.165, 1.54) is 26.4 Å². The summed E-state index contributed by atoms with van der Waals surface area (Å²) >= 11 is 0. The van der Waals surface area contributed by atoms with Crippen LogP contribution in [0.2, 0.25) is 0 Å². The van der Waals surface area contributed by atoms with E-state index in [2.05, 4.69) is 20.4 Å². The molecule has 1 N–H and O–H groups in total. The molecule has 0 aromatic heterocycles. The van der Waals surface area contributed by atoms with Gasteiger partial charge in [-0.25, -0.2) is 0 Å². The summed E-state index contributed by atoms with van der Waals surface area (Å²) in [6.45, 7) is 8.78. The number of aliphatic hydroxyl groups excluding tert-OH is 1. The zero-order valence-corrected chi connectivity index (χ0v) is 15.4. The Morgan fingerprint density at radius 3 is 2.62 bits per heavy atom. The van der Waals surface area contributed by atoms with Crippen LogP contribution >= 0.6 is 0 Å². The van der Waals surface area contributed by atoms with Gasteiger partial charge in [0.05, 0.1) is 18.6 Å². The molecule has 0 aliphatic heterocycles. The normalized spacial score (nSPS) is 53.2. The van der Waals surface area contributed by atoms with Gasteiger partial charge in [-0.05, 0) is 80.6 Å². The van der Waals surface area contributed by atoms with Crippen molar-refractivity contribution in [2.45, 2.75) is 71.3 Å². The highest BCUT2D eigenvalue weighted by Gasteiger charge is 2.67. The molecule has 4 rings (SSSR count). The molecule has 2 bridgehead atoms. The van der Waals surface area contributed by atoms with E-state index in [1.807, 2.05) is 0 Å². The van der Waals surface area contributed by atoms with Gasteiger partial charge in [0.2, 0.25) is 0 Å². The van der Waals surface area contributed by atoms with Gasteiger partial charge in [-0.1, -0.05) is 19.9 Å². The zero-order chi connectivity index (χ0) is 17.3. The van der Waals surface area contributed by atoms with Gasteiger partial charge in [-0.3, -0.25) is 4.79 Å². The zero-order valence-electron chi connectivity index (χ0n) is 15.4. The Labute approximate surface area is 145 Å². The van der Waals surface area contributed by atoms with Crippen LogP contribution in [-0.2, 0) is 9.53 Å². The molecule has 4 aliphatic carbocycles. The lowest BCUT2D eigenvalue weighted by atomic mass is 9.40. The molecule has 0 unspecified atom stereocenters. The molecule has 3 heteroatoms. The number of fused-ring (bicyclic) bond motifs is 3. The highest BCUT2D eigenvalue weighted by atomic mass is 16.5. The van der Waals surface area contributed by atoms with Crippen molar-refractivity contribution >= 4 is 5.97 Å². The molecule has 0 aromatic rings. The van der Waals surface area contributed by atoms with Crippen molar-refractivity contribution in [3.63, 3.8) is 0 Å². The number of hydrogen-bond acceptors (Lipinski definition) is 3. The smallest absolute Gasteiger partial charge is 0.311 e. The van der Waals surface area contributed by atoms with Crippen molar-refractivity contribution in [3.05, 3.63) is 12.2 Å². The molecule has 4 fully saturated rings. The van der Waals surface area contributed by atoms with Crippen LogP contribution < -0.4 is 0 Å². The monoisotopic (exact) mass is 332 g/mol. The number of esters is 1. The van der Waals surface area contributed by atoms with E-state index < -0.39 is 0 Å². The van der Waals surface area contributed by atoms with E-state index in [0.29, 0.717) is 17.8 Å². The number of carbonyl (C=O) groups is 1. The Morgan fingerprint density at radius 2 is 1.92 bits per heavy atom. The predicted octanol–water partition coefficient (Wildman–Crippen LogP) is 4.10. The molecule has 4 saturated carbocycles. The Hall–Kier alpha value is -0.830. The first kappa shape index (κ1) is 16.6. The third kappa shape index (κ3) is 1.80. The van der Waals surface area contributed by atoms with Crippen LogP contribution in [0.3, 0.4) is 0 Å². The van der Waals surface area contributed by atoms with Crippen LogP contribution in [0.5, 0.6) is 0 Å². The number of carbonyl (C=O) groups excluding carboxylic acids is 1. The fraction of sp³-hybridized carbons (Fsp3) is 0.857. The summed E-state index contributed by atoms with van der Waals surface area (Å²) in [4.78, 5) is 12.6. The quantitative estimate of drug-likeness (QED) is 0.581. The number of aliphatic hydroxyl groups is 1. The first-order valence-corrected chi connectivity index (χ1v) is 9.75. The molecule has 134 valence electrons. The van der Waals surface area contributed by atoms with Crippen LogP contribution in [0.25, 0.3) is 0 Å². The predicted molar refractivity (Wildman–Crippen MR) is 93.2 cm³/mol. The number of rotatable bonds is 1. The largest absolute Gasteiger partial charge is 0.469 e. The molecule has 1 spiro atoms. The SMILES string of the molecule is C=C1[C@H]2CC[C@H]3[C@]4(C)CCC[C@@](C)(C(=O)OC)[C@H]4CC[C@]3(C2)[C@H]1O. The summed E-state index contributed by atoms with van der Waals surface area (Å²) in [7, 11) is 1.53. The maximum absolute atomic E-state index is 12.6.